The number of ether oxygens (including phenoxy) is 1. The number of methoxy groups -OCH3 is 1. The van der Waals surface area contributed by atoms with E-state index in [0.29, 0.717) is 11.3 Å². The fraction of sp³-hybridized carbons (Fsp3) is 0.538. The molecule has 0 radical (unpaired) electrons. The van der Waals surface area contributed by atoms with E-state index in [4.69, 9.17) is 10.5 Å². The molecule has 1 aromatic rings. The Bertz CT molecular complexity index is 420. The SMILES string of the molecule is COc1ccc2c(c1F)C(C(C)N)N(C)CC2. The molecule has 0 saturated heterocycles. The van der Waals surface area contributed by atoms with E-state index in [1.54, 1.807) is 6.07 Å². The Morgan fingerprint density at radius 3 is 2.82 bits per heavy atom. The van der Waals surface area contributed by atoms with Crippen LogP contribution < -0.4 is 10.5 Å². The lowest BCUT2D eigenvalue weighted by Gasteiger charge is -2.37. The van der Waals surface area contributed by atoms with E-state index in [1.165, 1.54) is 7.11 Å². The summed E-state index contributed by atoms with van der Waals surface area (Å²) in [6.45, 7) is 2.82. The van der Waals surface area contributed by atoms with Gasteiger partial charge in [0.05, 0.1) is 13.2 Å². The number of nitrogens with zero attached hydrogens (tertiary/aromatic N) is 1. The van der Waals surface area contributed by atoms with Gasteiger partial charge in [-0.1, -0.05) is 6.07 Å². The minimum absolute atomic E-state index is 0.0751. The second-order valence-electron chi connectivity index (χ2n) is 4.69. The third-order valence-electron chi connectivity index (χ3n) is 3.46. The summed E-state index contributed by atoms with van der Waals surface area (Å²) in [5, 5.41) is 0. The standard InChI is InChI=1S/C13H19FN2O/c1-8(15)13-11-9(6-7-16(13)2)4-5-10(17-3)12(11)14/h4-5,8,13H,6-7,15H2,1-3H3. The topological polar surface area (TPSA) is 38.5 Å². The van der Waals surface area contributed by atoms with Crippen LogP contribution in [0.25, 0.3) is 0 Å². The maximum absolute atomic E-state index is 14.3. The smallest absolute Gasteiger partial charge is 0.170 e. The maximum atomic E-state index is 14.3. The lowest BCUT2D eigenvalue weighted by molar-refractivity contribution is 0.199. The molecule has 0 bridgehead atoms. The van der Waals surface area contributed by atoms with Crippen molar-refractivity contribution in [3.8, 4) is 5.75 Å². The van der Waals surface area contributed by atoms with Crippen LogP contribution in [0, 0.1) is 5.82 Å². The van der Waals surface area contributed by atoms with Crippen LogP contribution in [0.5, 0.6) is 5.75 Å². The van der Waals surface area contributed by atoms with Crippen molar-refractivity contribution >= 4 is 0 Å². The largest absolute Gasteiger partial charge is 0.494 e. The van der Waals surface area contributed by atoms with Crippen LogP contribution in [0.2, 0.25) is 0 Å². The first-order chi connectivity index (χ1) is 8.06. The van der Waals surface area contributed by atoms with Crippen molar-refractivity contribution in [2.45, 2.75) is 25.4 Å². The molecule has 94 valence electrons. The molecular weight excluding hydrogens is 219 g/mol. The number of nitrogens with two attached hydrogens (primary N) is 1. The van der Waals surface area contributed by atoms with E-state index >= 15 is 0 Å². The minimum Gasteiger partial charge on any atom is -0.494 e. The number of rotatable bonds is 2. The van der Waals surface area contributed by atoms with Gasteiger partial charge in [0.2, 0.25) is 0 Å². The molecule has 2 unspecified atom stereocenters. The number of likely N-dealkylation sites (N-methyl/N-ethyl adjacent to an activating group) is 1. The van der Waals surface area contributed by atoms with Gasteiger partial charge in [0.15, 0.2) is 11.6 Å². The zero-order valence-corrected chi connectivity index (χ0v) is 10.5. The van der Waals surface area contributed by atoms with Crippen LogP contribution in [-0.4, -0.2) is 31.6 Å². The molecule has 0 spiro atoms. The van der Waals surface area contributed by atoms with Crippen LogP contribution in [0.15, 0.2) is 12.1 Å². The van der Waals surface area contributed by atoms with Crippen molar-refractivity contribution in [3.63, 3.8) is 0 Å². The summed E-state index contributed by atoms with van der Waals surface area (Å²) in [6, 6.07) is 3.45. The summed E-state index contributed by atoms with van der Waals surface area (Å²) in [5.74, 6) is 0.0311. The zero-order chi connectivity index (χ0) is 12.6. The van der Waals surface area contributed by atoms with Gasteiger partial charge in [0.25, 0.3) is 0 Å². The summed E-state index contributed by atoms with van der Waals surface area (Å²) in [7, 11) is 3.47. The summed E-state index contributed by atoms with van der Waals surface area (Å²) in [5.41, 5.74) is 7.73. The molecule has 0 saturated carbocycles. The molecule has 1 aliphatic heterocycles. The average molecular weight is 238 g/mol. The highest BCUT2D eigenvalue weighted by atomic mass is 19.1. The van der Waals surface area contributed by atoms with Gasteiger partial charge in [0.1, 0.15) is 0 Å². The Balaban J connectivity index is 2.56. The van der Waals surface area contributed by atoms with Crippen LogP contribution >= 0.6 is 0 Å². The van der Waals surface area contributed by atoms with Gasteiger partial charge < -0.3 is 10.5 Å². The Morgan fingerprint density at radius 2 is 2.24 bits per heavy atom. The van der Waals surface area contributed by atoms with E-state index in [0.717, 1.165) is 18.5 Å². The van der Waals surface area contributed by atoms with Crippen molar-refractivity contribution in [1.29, 1.82) is 0 Å². The van der Waals surface area contributed by atoms with Gasteiger partial charge in [0, 0.05) is 18.2 Å². The highest BCUT2D eigenvalue weighted by molar-refractivity contribution is 5.41. The number of hydrogen-bond acceptors (Lipinski definition) is 3. The Labute approximate surface area is 101 Å². The molecule has 0 aliphatic carbocycles. The van der Waals surface area contributed by atoms with Crippen molar-refractivity contribution in [1.82, 2.24) is 4.90 Å². The lowest BCUT2D eigenvalue weighted by Crippen LogP contribution is -2.42. The first-order valence-corrected chi connectivity index (χ1v) is 5.87. The third kappa shape index (κ3) is 2.03. The van der Waals surface area contributed by atoms with E-state index in [-0.39, 0.29) is 17.9 Å². The van der Waals surface area contributed by atoms with Gasteiger partial charge in [-0.05, 0) is 32.0 Å². The predicted octanol–water partition coefficient (Wildman–Crippen LogP) is 1.71. The molecule has 0 amide bonds. The van der Waals surface area contributed by atoms with Crippen molar-refractivity contribution in [2.24, 2.45) is 5.73 Å². The van der Waals surface area contributed by atoms with Crippen molar-refractivity contribution in [3.05, 3.63) is 29.1 Å². The average Bonchev–Trinajstić information content (AvgIpc) is 2.29. The van der Waals surface area contributed by atoms with Crippen molar-refractivity contribution < 1.29 is 9.13 Å². The zero-order valence-electron chi connectivity index (χ0n) is 10.5. The van der Waals surface area contributed by atoms with E-state index < -0.39 is 0 Å². The molecule has 0 aromatic heterocycles. The Morgan fingerprint density at radius 1 is 1.53 bits per heavy atom. The van der Waals surface area contributed by atoms with Gasteiger partial charge in [-0.3, -0.25) is 4.90 Å². The molecule has 4 heteroatoms. The molecule has 3 nitrogen and oxygen atoms in total. The first-order valence-electron chi connectivity index (χ1n) is 5.87. The molecule has 2 atom stereocenters. The summed E-state index contributed by atoms with van der Waals surface area (Å²) in [4.78, 5) is 2.11. The molecule has 1 heterocycles. The van der Waals surface area contributed by atoms with Gasteiger partial charge >= 0.3 is 0 Å². The van der Waals surface area contributed by atoms with Crippen LogP contribution in [0.1, 0.15) is 24.1 Å². The molecule has 1 aromatic carbocycles. The maximum Gasteiger partial charge on any atom is 0.170 e. The van der Waals surface area contributed by atoms with E-state index in [1.807, 2.05) is 20.0 Å². The molecule has 2 rings (SSSR count). The Hall–Kier alpha value is -1.13. The van der Waals surface area contributed by atoms with E-state index in [9.17, 15) is 4.39 Å². The fourth-order valence-corrected chi connectivity index (χ4v) is 2.63. The molecule has 17 heavy (non-hydrogen) atoms. The molecule has 1 aliphatic rings. The lowest BCUT2D eigenvalue weighted by atomic mass is 9.88. The summed E-state index contributed by atoms with van der Waals surface area (Å²) in [6.07, 6.45) is 0.857. The number of benzene rings is 1. The molecular formula is C13H19FN2O. The van der Waals surface area contributed by atoms with Crippen LogP contribution in [-0.2, 0) is 6.42 Å². The second kappa shape index (κ2) is 4.63. The number of hydrogen-bond donors (Lipinski definition) is 1. The highest BCUT2D eigenvalue weighted by Gasteiger charge is 2.31. The normalized spacial score (nSPS) is 22.1. The number of halogens is 1. The van der Waals surface area contributed by atoms with Gasteiger partial charge in [-0.15, -0.1) is 0 Å². The van der Waals surface area contributed by atoms with E-state index in [2.05, 4.69) is 4.90 Å². The fourth-order valence-electron chi connectivity index (χ4n) is 2.63. The van der Waals surface area contributed by atoms with Crippen LogP contribution in [0.3, 0.4) is 0 Å². The second-order valence-corrected chi connectivity index (χ2v) is 4.69. The minimum atomic E-state index is -0.265. The third-order valence-corrected chi connectivity index (χ3v) is 3.46. The highest BCUT2D eigenvalue weighted by Crippen LogP contribution is 2.36. The Kier molecular flexibility index (Phi) is 3.35. The summed E-state index contributed by atoms with van der Waals surface area (Å²) >= 11 is 0. The summed E-state index contributed by atoms with van der Waals surface area (Å²) < 4.78 is 19.4. The van der Waals surface area contributed by atoms with Gasteiger partial charge in [-0.25, -0.2) is 4.39 Å². The first kappa shape index (κ1) is 12.3. The monoisotopic (exact) mass is 238 g/mol. The van der Waals surface area contributed by atoms with Crippen molar-refractivity contribution in [2.75, 3.05) is 20.7 Å². The van der Waals surface area contributed by atoms with Gasteiger partial charge in [-0.2, -0.15) is 0 Å². The number of fused-ring (bicyclic) bond motifs is 1. The van der Waals surface area contributed by atoms with Crippen LogP contribution in [0.4, 0.5) is 4.39 Å². The molecule has 2 N–H and O–H groups in total. The molecule has 0 fully saturated rings. The predicted molar refractivity (Wildman–Crippen MR) is 65.7 cm³/mol. The quantitative estimate of drug-likeness (QED) is 0.852.